The molecule has 0 bridgehead atoms. The summed E-state index contributed by atoms with van der Waals surface area (Å²) in [5.41, 5.74) is 8.25. The summed E-state index contributed by atoms with van der Waals surface area (Å²) in [4.78, 5) is 53.1. The third kappa shape index (κ3) is 7.43. The van der Waals surface area contributed by atoms with E-state index in [0.717, 1.165) is 30.5 Å². The lowest BCUT2D eigenvalue weighted by Crippen LogP contribution is -2.45. The first-order valence-corrected chi connectivity index (χ1v) is 13.9. The Labute approximate surface area is 240 Å². The Morgan fingerprint density at radius 2 is 1.78 bits per heavy atom. The number of nitrogens with two attached hydrogens (primary N) is 1. The Bertz CT molecular complexity index is 1290. The van der Waals surface area contributed by atoms with E-state index in [1.165, 1.54) is 12.0 Å². The second-order valence-corrected chi connectivity index (χ2v) is 11.5. The fraction of sp³-hybridized carbons (Fsp3) is 0.484. The summed E-state index contributed by atoms with van der Waals surface area (Å²) in [7, 11) is 1.27. The highest BCUT2D eigenvalue weighted by Gasteiger charge is 2.37. The molecular weight excluding hydrogens is 526 g/mol. The molecule has 2 N–H and O–H groups in total. The van der Waals surface area contributed by atoms with Crippen LogP contribution in [0.1, 0.15) is 73.5 Å². The lowest BCUT2D eigenvalue weighted by Gasteiger charge is -2.27. The van der Waals surface area contributed by atoms with Gasteiger partial charge in [-0.1, -0.05) is 30.3 Å². The predicted octanol–water partition coefficient (Wildman–Crippen LogP) is 3.33. The molecule has 0 aromatic heterocycles. The molecule has 1 unspecified atom stereocenters. The molecule has 0 aliphatic carbocycles. The Morgan fingerprint density at radius 3 is 2.44 bits per heavy atom. The summed E-state index contributed by atoms with van der Waals surface area (Å²) >= 11 is 0. The number of benzene rings is 2. The Morgan fingerprint density at radius 1 is 1.07 bits per heavy atom. The van der Waals surface area contributed by atoms with Crippen LogP contribution in [0.2, 0.25) is 0 Å². The highest BCUT2D eigenvalue weighted by atomic mass is 16.6. The lowest BCUT2D eigenvalue weighted by molar-refractivity contribution is -0.160. The second kappa shape index (κ2) is 12.7. The van der Waals surface area contributed by atoms with Crippen LogP contribution in [0, 0.1) is 0 Å². The van der Waals surface area contributed by atoms with Crippen molar-refractivity contribution >= 4 is 23.8 Å². The molecule has 10 nitrogen and oxygen atoms in total. The van der Waals surface area contributed by atoms with Crippen LogP contribution in [-0.4, -0.2) is 64.9 Å². The first-order chi connectivity index (χ1) is 19.5. The number of methoxy groups -OCH3 is 1. The molecule has 2 aliphatic rings. The summed E-state index contributed by atoms with van der Waals surface area (Å²) in [6, 6.07) is 12.1. The van der Waals surface area contributed by atoms with Gasteiger partial charge in [0, 0.05) is 24.1 Å². The van der Waals surface area contributed by atoms with Gasteiger partial charge in [-0.2, -0.15) is 0 Å². The van der Waals surface area contributed by atoms with Gasteiger partial charge in [0.25, 0.3) is 5.91 Å². The normalized spacial score (nSPS) is 17.7. The third-order valence-electron chi connectivity index (χ3n) is 7.35. The number of primary amides is 1. The highest BCUT2D eigenvalue weighted by molar-refractivity contribution is 6.01. The third-order valence-corrected chi connectivity index (χ3v) is 7.35. The quantitative estimate of drug-likeness (QED) is 0.411. The molecule has 2 amide bonds. The molecule has 4 rings (SSSR count). The van der Waals surface area contributed by atoms with Crippen LogP contribution in [0.4, 0.5) is 0 Å². The van der Waals surface area contributed by atoms with Crippen LogP contribution in [0.3, 0.4) is 0 Å². The molecule has 2 aromatic carbocycles. The van der Waals surface area contributed by atoms with E-state index in [1.807, 2.05) is 45.0 Å². The lowest BCUT2D eigenvalue weighted by atomic mass is 10.1. The van der Waals surface area contributed by atoms with Gasteiger partial charge in [-0.05, 0) is 69.8 Å². The number of hydrogen-bond donors (Lipinski definition) is 1. The SMILES string of the molecule is COC(=O)CCC(C(N)=O)N1Cc2c(OCc3ccc(CN4CCC[C@@H]4C(=O)OC(C)(C)C)cc3)cccc2C1=O. The van der Waals surface area contributed by atoms with Crippen molar-refractivity contribution in [1.82, 2.24) is 9.80 Å². The van der Waals surface area contributed by atoms with Gasteiger partial charge in [0.1, 0.15) is 30.0 Å². The van der Waals surface area contributed by atoms with Gasteiger partial charge < -0.3 is 24.8 Å². The molecule has 10 heteroatoms. The first-order valence-electron chi connectivity index (χ1n) is 13.9. The monoisotopic (exact) mass is 565 g/mol. The fourth-order valence-electron chi connectivity index (χ4n) is 5.31. The number of hydrogen-bond acceptors (Lipinski definition) is 8. The van der Waals surface area contributed by atoms with Crippen molar-refractivity contribution < 1.29 is 33.4 Å². The molecule has 41 heavy (non-hydrogen) atoms. The second-order valence-electron chi connectivity index (χ2n) is 11.5. The number of fused-ring (bicyclic) bond motifs is 1. The average molecular weight is 566 g/mol. The topological polar surface area (TPSA) is 128 Å². The molecule has 2 aliphatic heterocycles. The van der Waals surface area contributed by atoms with Crippen molar-refractivity contribution in [3.63, 3.8) is 0 Å². The van der Waals surface area contributed by atoms with Crippen LogP contribution in [0.15, 0.2) is 42.5 Å². The molecule has 0 spiro atoms. The summed E-state index contributed by atoms with van der Waals surface area (Å²) < 4.78 is 16.4. The maximum Gasteiger partial charge on any atom is 0.323 e. The van der Waals surface area contributed by atoms with Crippen molar-refractivity contribution in [2.75, 3.05) is 13.7 Å². The standard InChI is InChI=1S/C31H39N3O7/c1-31(2,3)41-30(38)25-8-6-16-33(25)17-20-10-12-21(13-11-20)19-40-26-9-5-7-22-23(26)18-34(29(22)37)24(28(32)36)14-15-27(35)39-4/h5,7,9-13,24-25H,6,8,14-19H2,1-4H3,(H2,32,36)/t24?,25-/m1/s1. The Kier molecular flexibility index (Phi) is 9.32. The van der Waals surface area contributed by atoms with Gasteiger partial charge >= 0.3 is 11.9 Å². The maximum absolute atomic E-state index is 13.1. The zero-order chi connectivity index (χ0) is 29.7. The number of rotatable bonds is 11. The van der Waals surface area contributed by atoms with E-state index >= 15 is 0 Å². The van der Waals surface area contributed by atoms with Gasteiger partial charge in [0.2, 0.25) is 5.91 Å². The smallest absolute Gasteiger partial charge is 0.323 e. The van der Waals surface area contributed by atoms with Crippen LogP contribution in [-0.2, 0) is 43.6 Å². The zero-order valence-corrected chi connectivity index (χ0v) is 24.2. The van der Waals surface area contributed by atoms with E-state index in [9.17, 15) is 19.2 Å². The van der Waals surface area contributed by atoms with Gasteiger partial charge in [0.05, 0.1) is 13.7 Å². The summed E-state index contributed by atoms with van der Waals surface area (Å²) in [6.45, 7) is 7.61. The number of amides is 2. The van der Waals surface area contributed by atoms with E-state index in [-0.39, 0.29) is 43.9 Å². The van der Waals surface area contributed by atoms with Crippen molar-refractivity contribution in [1.29, 1.82) is 0 Å². The molecule has 2 aromatic rings. The van der Waals surface area contributed by atoms with Gasteiger partial charge in [-0.15, -0.1) is 0 Å². The van der Waals surface area contributed by atoms with E-state index < -0.39 is 23.5 Å². The van der Waals surface area contributed by atoms with Crippen LogP contribution in [0.5, 0.6) is 5.75 Å². The van der Waals surface area contributed by atoms with Crippen molar-refractivity contribution in [2.24, 2.45) is 5.73 Å². The first kappa shape index (κ1) is 30.0. The zero-order valence-electron chi connectivity index (χ0n) is 24.2. The molecule has 220 valence electrons. The van der Waals surface area contributed by atoms with Gasteiger partial charge in [0.15, 0.2) is 0 Å². The van der Waals surface area contributed by atoms with E-state index in [1.54, 1.807) is 18.2 Å². The van der Waals surface area contributed by atoms with Crippen LogP contribution in [0.25, 0.3) is 0 Å². The number of nitrogens with zero attached hydrogens (tertiary/aromatic N) is 2. The van der Waals surface area contributed by atoms with Crippen molar-refractivity contribution in [2.45, 2.75) is 83.8 Å². The number of ether oxygens (including phenoxy) is 3. The van der Waals surface area contributed by atoms with E-state index in [2.05, 4.69) is 9.64 Å². The Balaban J connectivity index is 1.37. The molecule has 2 heterocycles. The number of likely N-dealkylation sites (tertiary alicyclic amines) is 1. The molecule has 0 saturated carbocycles. The predicted molar refractivity (Wildman–Crippen MR) is 151 cm³/mol. The molecule has 1 fully saturated rings. The molecule has 2 atom stereocenters. The largest absolute Gasteiger partial charge is 0.489 e. The minimum absolute atomic E-state index is 0.0248. The van der Waals surface area contributed by atoms with E-state index in [4.69, 9.17) is 15.2 Å². The highest BCUT2D eigenvalue weighted by Crippen LogP contribution is 2.33. The Hall–Kier alpha value is -3.92. The van der Waals surface area contributed by atoms with E-state index in [0.29, 0.717) is 23.4 Å². The van der Waals surface area contributed by atoms with Crippen molar-refractivity contribution in [3.05, 3.63) is 64.7 Å². The summed E-state index contributed by atoms with van der Waals surface area (Å²) in [6.07, 6.45) is 1.82. The number of carbonyl (C=O) groups is 4. The molecular formula is C31H39N3O7. The number of carbonyl (C=O) groups excluding carboxylic acids is 4. The van der Waals surface area contributed by atoms with Gasteiger partial charge in [-0.3, -0.25) is 24.1 Å². The summed E-state index contributed by atoms with van der Waals surface area (Å²) in [5, 5.41) is 0. The van der Waals surface area contributed by atoms with Gasteiger partial charge in [-0.25, -0.2) is 0 Å². The van der Waals surface area contributed by atoms with Crippen LogP contribution < -0.4 is 10.5 Å². The molecule has 1 saturated heterocycles. The molecule has 0 radical (unpaired) electrons. The minimum Gasteiger partial charge on any atom is -0.489 e. The van der Waals surface area contributed by atoms with Crippen molar-refractivity contribution in [3.8, 4) is 5.75 Å². The minimum atomic E-state index is -0.931. The average Bonchev–Trinajstić information content (AvgIpc) is 3.52. The summed E-state index contributed by atoms with van der Waals surface area (Å²) in [5.74, 6) is -1.09. The maximum atomic E-state index is 13.1. The number of esters is 2. The van der Waals surface area contributed by atoms with Crippen LogP contribution >= 0.6 is 0 Å². The fourth-order valence-corrected chi connectivity index (χ4v) is 5.31.